The summed E-state index contributed by atoms with van der Waals surface area (Å²) < 4.78 is 4.62. The molecule has 1 rings (SSSR count). The number of esters is 2. The third-order valence-corrected chi connectivity index (χ3v) is 1.79. The third-order valence-electron chi connectivity index (χ3n) is 1.79. The number of hydrogen-bond acceptors (Lipinski definition) is 5. The first-order valence-electron chi connectivity index (χ1n) is 5.11. The molecule has 0 aliphatic carbocycles. The summed E-state index contributed by atoms with van der Waals surface area (Å²) in [6, 6.07) is 3.38. The average Bonchev–Trinajstić information content (AvgIpc) is 2.26. The Morgan fingerprint density at radius 1 is 1.35 bits per heavy atom. The van der Waals surface area contributed by atoms with Gasteiger partial charge in [0.1, 0.15) is 0 Å². The predicted octanol–water partition coefficient (Wildman–Crippen LogP) is 1.61. The van der Waals surface area contributed by atoms with Gasteiger partial charge in [-0.3, -0.25) is 4.79 Å². The fraction of sp³-hybridized carbons (Fsp3) is 0.333. The lowest BCUT2D eigenvalue weighted by molar-refractivity contribution is -0.162. The molecule has 0 radical (unpaired) electrons. The van der Waals surface area contributed by atoms with Crippen LogP contribution in [0.4, 0.5) is 0 Å². The van der Waals surface area contributed by atoms with Crippen LogP contribution in [0.2, 0.25) is 0 Å². The van der Waals surface area contributed by atoms with Crippen LogP contribution in [0.3, 0.4) is 0 Å². The molecule has 0 bridgehead atoms. The second-order valence-corrected chi connectivity index (χ2v) is 4.44. The van der Waals surface area contributed by atoms with Gasteiger partial charge in [0.15, 0.2) is 0 Å². The monoisotopic (exact) mass is 234 g/mol. The topological polar surface area (TPSA) is 69.2 Å². The van der Waals surface area contributed by atoms with E-state index < -0.39 is 17.4 Å². The average molecular weight is 234 g/mol. The maximum atomic E-state index is 11.4. The fourth-order valence-electron chi connectivity index (χ4n) is 0.834. The summed E-state index contributed by atoms with van der Waals surface area (Å²) in [7, 11) is 0. The number of ether oxygens (including phenoxy) is 1. The summed E-state index contributed by atoms with van der Waals surface area (Å²) in [6.07, 6.45) is 4.11. The van der Waals surface area contributed by atoms with E-state index in [4.69, 9.17) is 0 Å². The molecule has 0 N–H and O–H groups in total. The largest absolute Gasteiger partial charge is 0.389 e. The molecule has 1 heterocycles. The zero-order valence-electron chi connectivity index (χ0n) is 10.0. The molecule has 0 atom stereocenters. The van der Waals surface area contributed by atoms with E-state index in [2.05, 4.69) is 14.9 Å². The Bertz CT molecular complexity index is 433. The van der Waals surface area contributed by atoms with E-state index in [0.29, 0.717) is 5.69 Å². The molecule has 0 saturated carbocycles. The first-order valence-corrected chi connectivity index (χ1v) is 5.11. The van der Waals surface area contributed by atoms with Crippen LogP contribution in [0.1, 0.15) is 26.5 Å². The molecule has 90 valence electrons. The van der Waals surface area contributed by atoms with Gasteiger partial charge in [0, 0.05) is 12.3 Å². The van der Waals surface area contributed by atoms with Crippen molar-refractivity contribution in [3.05, 3.63) is 30.1 Å². The molecule has 0 aliphatic heterocycles. The van der Waals surface area contributed by atoms with Crippen molar-refractivity contribution < 1.29 is 14.3 Å². The Morgan fingerprint density at radius 3 is 2.59 bits per heavy atom. The fourth-order valence-corrected chi connectivity index (χ4v) is 0.834. The van der Waals surface area contributed by atoms with Crippen molar-refractivity contribution in [1.29, 1.82) is 0 Å². The summed E-state index contributed by atoms with van der Waals surface area (Å²) in [5.41, 5.74) is -0.177. The van der Waals surface area contributed by atoms with E-state index in [9.17, 15) is 9.59 Å². The highest BCUT2D eigenvalue weighted by atomic mass is 16.6. The lowest BCUT2D eigenvalue weighted by atomic mass is 9.97. The lowest BCUT2D eigenvalue weighted by Crippen LogP contribution is -2.25. The number of carbonyl (C=O) groups is 2. The van der Waals surface area contributed by atoms with Crippen LogP contribution in [0.5, 0.6) is 0 Å². The van der Waals surface area contributed by atoms with Gasteiger partial charge in [0.25, 0.3) is 0 Å². The van der Waals surface area contributed by atoms with E-state index in [1.807, 2.05) is 0 Å². The molecule has 17 heavy (non-hydrogen) atoms. The van der Waals surface area contributed by atoms with Crippen molar-refractivity contribution >= 4 is 18.0 Å². The second-order valence-electron chi connectivity index (χ2n) is 4.44. The molecule has 0 spiro atoms. The van der Waals surface area contributed by atoms with Gasteiger partial charge in [0.05, 0.1) is 11.1 Å². The SMILES string of the molecule is CC(C)(C)C(=O)OC(=O)/C=C/c1cccnn1. The van der Waals surface area contributed by atoms with Gasteiger partial charge >= 0.3 is 11.9 Å². The van der Waals surface area contributed by atoms with Gasteiger partial charge in [-0.25, -0.2) is 4.79 Å². The Hall–Kier alpha value is -2.04. The Morgan fingerprint density at radius 2 is 2.06 bits per heavy atom. The van der Waals surface area contributed by atoms with Gasteiger partial charge in [0.2, 0.25) is 0 Å². The molecule has 0 amide bonds. The smallest absolute Gasteiger partial charge is 0.338 e. The molecule has 5 nitrogen and oxygen atoms in total. The van der Waals surface area contributed by atoms with Crippen molar-refractivity contribution in [2.75, 3.05) is 0 Å². The molecule has 1 aromatic heterocycles. The second kappa shape index (κ2) is 5.34. The first kappa shape index (κ1) is 13.0. The molecule has 0 saturated heterocycles. The number of nitrogens with zero attached hydrogens (tertiary/aromatic N) is 2. The maximum Gasteiger partial charge on any atom is 0.338 e. The quantitative estimate of drug-likeness (QED) is 0.441. The van der Waals surface area contributed by atoms with Crippen molar-refractivity contribution in [3.63, 3.8) is 0 Å². The van der Waals surface area contributed by atoms with E-state index in [1.54, 1.807) is 32.9 Å². The number of aromatic nitrogens is 2. The minimum absolute atomic E-state index is 0.521. The summed E-state index contributed by atoms with van der Waals surface area (Å²) in [5, 5.41) is 7.39. The van der Waals surface area contributed by atoms with Crippen molar-refractivity contribution in [3.8, 4) is 0 Å². The Labute approximate surface area is 99.5 Å². The van der Waals surface area contributed by atoms with Gasteiger partial charge in [-0.05, 0) is 39.0 Å². The van der Waals surface area contributed by atoms with Crippen LogP contribution < -0.4 is 0 Å². The molecule has 1 aromatic rings. The van der Waals surface area contributed by atoms with Crippen LogP contribution in [0.25, 0.3) is 6.08 Å². The highest BCUT2D eigenvalue weighted by Gasteiger charge is 2.24. The molecule has 5 heteroatoms. The Balaban J connectivity index is 2.57. The van der Waals surface area contributed by atoms with Crippen LogP contribution in [0.15, 0.2) is 24.4 Å². The number of rotatable bonds is 2. The van der Waals surface area contributed by atoms with Crippen LogP contribution in [0, 0.1) is 5.41 Å². The molecular weight excluding hydrogens is 220 g/mol. The van der Waals surface area contributed by atoms with Gasteiger partial charge in [-0.15, -0.1) is 0 Å². The van der Waals surface area contributed by atoms with Crippen molar-refractivity contribution in [1.82, 2.24) is 10.2 Å². The van der Waals surface area contributed by atoms with Gasteiger partial charge in [-0.1, -0.05) is 0 Å². The van der Waals surface area contributed by atoms with Gasteiger partial charge < -0.3 is 4.74 Å². The molecule has 0 unspecified atom stereocenters. The van der Waals surface area contributed by atoms with E-state index >= 15 is 0 Å². The van der Waals surface area contributed by atoms with E-state index in [1.165, 1.54) is 12.3 Å². The molecule has 0 fully saturated rings. The summed E-state index contributed by atoms with van der Waals surface area (Å²) in [4.78, 5) is 22.7. The van der Waals surface area contributed by atoms with Crippen LogP contribution in [-0.4, -0.2) is 22.1 Å². The minimum Gasteiger partial charge on any atom is -0.389 e. The van der Waals surface area contributed by atoms with E-state index in [-0.39, 0.29) is 0 Å². The zero-order valence-corrected chi connectivity index (χ0v) is 10.0. The normalized spacial score (nSPS) is 11.5. The number of hydrogen-bond donors (Lipinski definition) is 0. The lowest BCUT2D eigenvalue weighted by Gasteiger charge is -2.14. The summed E-state index contributed by atoms with van der Waals surface area (Å²) in [5.74, 6) is -1.28. The van der Waals surface area contributed by atoms with E-state index in [0.717, 1.165) is 6.08 Å². The maximum absolute atomic E-state index is 11.4. The molecule has 0 aliphatic rings. The molecular formula is C12H14N2O3. The van der Waals surface area contributed by atoms with Gasteiger partial charge in [-0.2, -0.15) is 10.2 Å². The highest BCUT2D eigenvalue weighted by molar-refractivity contribution is 5.95. The first-order chi connectivity index (χ1) is 7.89. The van der Waals surface area contributed by atoms with Crippen LogP contribution >= 0.6 is 0 Å². The zero-order chi connectivity index (χ0) is 12.9. The van der Waals surface area contributed by atoms with Crippen molar-refractivity contribution in [2.24, 2.45) is 5.41 Å². The number of carbonyl (C=O) groups excluding carboxylic acids is 2. The standard InChI is InChI=1S/C12H14N2O3/c1-12(2,3)11(16)17-10(15)7-6-9-5-4-8-13-14-9/h4-8H,1-3H3/b7-6+. The van der Waals surface area contributed by atoms with Crippen LogP contribution in [-0.2, 0) is 14.3 Å². The summed E-state index contributed by atoms with van der Waals surface area (Å²) >= 11 is 0. The van der Waals surface area contributed by atoms with Crippen molar-refractivity contribution in [2.45, 2.75) is 20.8 Å². The predicted molar refractivity (Wildman–Crippen MR) is 61.6 cm³/mol. The summed E-state index contributed by atoms with van der Waals surface area (Å²) in [6.45, 7) is 5.03. The highest BCUT2D eigenvalue weighted by Crippen LogP contribution is 2.15. The minimum atomic E-state index is -0.712. The third kappa shape index (κ3) is 4.55. The molecule has 0 aromatic carbocycles. The Kier molecular flexibility index (Phi) is 4.09.